The highest BCUT2D eigenvalue weighted by Crippen LogP contribution is 1.95. The van der Waals surface area contributed by atoms with Crippen LogP contribution in [-0.2, 0) is 9.53 Å². The quantitative estimate of drug-likeness (QED) is 0.460. The Morgan fingerprint density at radius 3 is 2.92 bits per heavy atom. The van der Waals surface area contributed by atoms with E-state index in [4.69, 9.17) is 10.8 Å². The number of aliphatic hydroxyl groups is 1. The molecule has 0 saturated heterocycles. The van der Waals surface area contributed by atoms with Crippen LogP contribution in [0.3, 0.4) is 0 Å². The Morgan fingerprint density at radius 1 is 1.69 bits per heavy atom. The van der Waals surface area contributed by atoms with Crippen LogP contribution in [0.2, 0.25) is 0 Å². The van der Waals surface area contributed by atoms with Gasteiger partial charge in [-0.3, -0.25) is 0 Å². The molecule has 0 aliphatic carbocycles. The fourth-order valence-electron chi connectivity index (χ4n) is 0.772. The van der Waals surface area contributed by atoms with E-state index in [1.165, 1.54) is 6.08 Å². The normalized spacial score (nSPS) is 13.2. The molecule has 0 aromatic rings. The summed E-state index contributed by atoms with van der Waals surface area (Å²) in [6.45, 7) is 2.12. The number of nitrogens with two attached hydrogens (primary N) is 1. The van der Waals surface area contributed by atoms with Gasteiger partial charge in [0.25, 0.3) is 0 Å². The van der Waals surface area contributed by atoms with E-state index in [1.54, 1.807) is 13.0 Å². The number of hydrogen-bond donors (Lipinski definition) is 2. The summed E-state index contributed by atoms with van der Waals surface area (Å²) in [7, 11) is 0. The van der Waals surface area contributed by atoms with Gasteiger partial charge in [0.2, 0.25) is 0 Å². The molecule has 0 saturated carbocycles. The Balaban J connectivity index is 3.46. The summed E-state index contributed by atoms with van der Waals surface area (Å²) in [4.78, 5) is 10.8. The second-order valence-corrected chi connectivity index (χ2v) is 2.67. The molecule has 0 radical (unpaired) electrons. The first-order valence-corrected chi connectivity index (χ1v) is 4.40. The van der Waals surface area contributed by atoms with E-state index in [9.17, 15) is 4.79 Å². The summed E-state index contributed by atoms with van der Waals surface area (Å²) in [5.41, 5.74) is 5.45. The Morgan fingerprint density at radius 2 is 2.38 bits per heavy atom. The number of ether oxygens (including phenoxy) is 1. The minimum Gasteiger partial charge on any atom is -0.463 e. The maximum Gasteiger partial charge on any atom is 0.330 e. The number of hydrogen-bond acceptors (Lipinski definition) is 4. The van der Waals surface area contributed by atoms with Crippen molar-refractivity contribution in [3.63, 3.8) is 0 Å². The maximum atomic E-state index is 10.8. The SMILES string of the molecule is CCOC(=O)/C=C/CC[C@@H](N)CO. The van der Waals surface area contributed by atoms with Gasteiger partial charge in [0, 0.05) is 12.1 Å². The minimum atomic E-state index is -0.333. The van der Waals surface area contributed by atoms with E-state index in [0.717, 1.165) is 0 Å². The highest BCUT2D eigenvalue weighted by Gasteiger charge is 1.97. The predicted molar refractivity (Wildman–Crippen MR) is 50.1 cm³/mol. The van der Waals surface area contributed by atoms with Crippen molar-refractivity contribution in [2.24, 2.45) is 5.73 Å². The molecule has 0 aromatic carbocycles. The van der Waals surface area contributed by atoms with Gasteiger partial charge in [0.05, 0.1) is 13.2 Å². The Labute approximate surface area is 78.4 Å². The van der Waals surface area contributed by atoms with E-state index in [-0.39, 0.29) is 18.6 Å². The van der Waals surface area contributed by atoms with Crippen LogP contribution < -0.4 is 5.73 Å². The number of aliphatic hydroxyl groups excluding tert-OH is 1. The molecule has 0 fully saturated rings. The van der Waals surface area contributed by atoms with Gasteiger partial charge in [-0.05, 0) is 19.8 Å². The Bertz CT molecular complexity index is 168. The molecule has 0 aliphatic heterocycles. The third-order valence-corrected chi connectivity index (χ3v) is 1.48. The first-order chi connectivity index (χ1) is 6.20. The third kappa shape index (κ3) is 7.49. The highest BCUT2D eigenvalue weighted by molar-refractivity contribution is 5.81. The van der Waals surface area contributed by atoms with Gasteiger partial charge in [0.15, 0.2) is 0 Å². The minimum absolute atomic E-state index is 0.0206. The van der Waals surface area contributed by atoms with Crippen LogP contribution in [0.5, 0.6) is 0 Å². The Hall–Kier alpha value is -0.870. The number of carbonyl (C=O) groups is 1. The van der Waals surface area contributed by atoms with Gasteiger partial charge < -0.3 is 15.6 Å². The van der Waals surface area contributed by atoms with E-state index >= 15 is 0 Å². The number of rotatable bonds is 6. The zero-order valence-corrected chi connectivity index (χ0v) is 7.90. The van der Waals surface area contributed by atoms with E-state index < -0.39 is 0 Å². The predicted octanol–water partition coefficient (Wildman–Crippen LogP) is 0.205. The van der Waals surface area contributed by atoms with Gasteiger partial charge in [0.1, 0.15) is 0 Å². The molecule has 0 amide bonds. The van der Waals surface area contributed by atoms with Crippen LogP contribution in [0.1, 0.15) is 19.8 Å². The van der Waals surface area contributed by atoms with Gasteiger partial charge in [-0.15, -0.1) is 0 Å². The molecule has 0 unspecified atom stereocenters. The topological polar surface area (TPSA) is 72.5 Å². The lowest BCUT2D eigenvalue weighted by Crippen LogP contribution is -2.23. The van der Waals surface area contributed by atoms with Crippen molar-refractivity contribution < 1.29 is 14.6 Å². The summed E-state index contributed by atoms with van der Waals surface area (Å²) in [6, 6.07) is -0.202. The number of carbonyl (C=O) groups excluding carboxylic acids is 1. The molecule has 4 nitrogen and oxygen atoms in total. The zero-order chi connectivity index (χ0) is 10.1. The van der Waals surface area contributed by atoms with Crippen molar-refractivity contribution in [3.05, 3.63) is 12.2 Å². The average molecular weight is 187 g/mol. The molecule has 0 aromatic heterocycles. The molecule has 1 atom stereocenters. The highest BCUT2D eigenvalue weighted by atomic mass is 16.5. The molecule has 13 heavy (non-hydrogen) atoms. The standard InChI is InChI=1S/C9H17NO3/c1-2-13-9(12)6-4-3-5-8(10)7-11/h4,6,8,11H,2-3,5,7,10H2,1H3/b6-4+/t8-/m1/s1. The molecule has 0 aliphatic rings. The molecule has 0 spiro atoms. The third-order valence-electron chi connectivity index (χ3n) is 1.48. The smallest absolute Gasteiger partial charge is 0.330 e. The van der Waals surface area contributed by atoms with Crippen LogP contribution in [0.15, 0.2) is 12.2 Å². The molecule has 4 heteroatoms. The molecule has 0 rings (SSSR count). The van der Waals surface area contributed by atoms with E-state index in [2.05, 4.69) is 4.74 Å². The lowest BCUT2D eigenvalue weighted by molar-refractivity contribution is -0.137. The van der Waals surface area contributed by atoms with Gasteiger partial charge in [-0.2, -0.15) is 0 Å². The van der Waals surface area contributed by atoms with Crippen LogP contribution in [0, 0.1) is 0 Å². The Kier molecular flexibility index (Phi) is 7.24. The second kappa shape index (κ2) is 7.76. The first kappa shape index (κ1) is 12.1. The molecule has 76 valence electrons. The number of esters is 1. The van der Waals surface area contributed by atoms with Gasteiger partial charge in [-0.25, -0.2) is 4.79 Å². The van der Waals surface area contributed by atoms with Crippen LogP contribution in [-0.4, -0.2) is 30.3 Å². The molecule has 0 heterocycles. The summed E-state index contributed by atoms with van der Waals surface area (Å²) in [6.07, 6.45) is 4.44. The van der Waals surface area contributed by atoms with Gasteiger partial charge in [-0.1, -0.05) is 6.08 Å². The van der Waals surface area contributed by atoms with Crippen molar-refractivity contribution in [1.82, 2.24) is 0 Å². The monoisotopic (exact) mass is 187 g/mol. The van der Waals surface area contributed by atoms with Crippen molar-refractivity contribution >= 4 is 5.97 Å². The first-order valence-electron chi connectivity index (χ1n) is 4.40. The van der Waals surface area contributed by atoms with Crippen LogP contribution in [0.25, 0.3) is 0 Å². The van der Waals surface area contributed by atoms with Gasteiger partial charge >= 0.3 is 5.97 Å². The van der Waals surface area contributed by atoms with Crippen molar-refractivity contribution in [2.75, 3.05) is 13.2 Å². The van der Waals surface area contributed by atoms with Crippen molar-refractivity contribution in [2.45, 2.75) is 25.8 Å². The molecule has 3 N–H and O–H groups in total. The molecular weight excluding hydrogens is 170 g/mol. The average Bonchev–Trinajstić information content (AvgIpc) is 2.12. The molecule has 0 bridgehead atoms. The zero-order valence-electron chi connectivity index (χ0n) is 7.90. The van der Waals surface area contributed by atoms with Crippen molar-refractivity contribution in [1.29, 1.82) is 0 Å². The largest absolute Gasteiger partial charge is 0.463 e. The van der Waals surface area contributed by atoms with E-state index in [0.29, 0.717) is 19.4 Å². The summed E-state index contributed by atoms with van der Waals surface area (Å²) in [5.74, 6) is -0.333. The van der Waals surface area contributed by atoms with E-state index in [1.807, 2.05) is 0 Å². The van der Waals surface area contributed by atoms with Crippen molar-refractivity contribution in [3.8, 4) is 0 Å². The maximum absolute atomic E-state index is 10.8. The fraction of sp³-hybridized carbons (Fsp3) is 0.667. The summed E-state index contributed by atoms with van der Waals surface area (Å²) >= 11 is 0. The lowest BCUT2D eigenvalue weighted by Gasteiger charge is -2.03. The second-order valence-electron chi connectivity index (χ2n) is 2.67. The number of allylic oxidation sites excluding steroid dienone is 1. The fourth-order valence-corrected chi connectivity index (χ4v) is 0.772. The molecular formula is C9H17NO3. The summed E-state index contributed by atoms with van der Waals surface area (Å²) < 4.78 is 4.67. The van der Waals surface area contributed by atoms with Crippen LogP contribution in [0.4, 0.5) is 0 Å². The summed E-state index contributed by atoms with van der Waals surface area (Å²) in [5, 5.41) is 8.59. The van der Waals surface area contributed by atoms with Crippen LogP contribution >= 0.6 is 0 Å². The lowest BCUT2D eigenvalue weighted by atomic mass is 10.2.